The zero-order valence-corrected chi connectivity index (χ0v) is 11.7. The Bertz CT molecular complexity index is 758. The van der Waals surface area contributed by atoms with Crippen molar-refractivity contribution in [2.24, 2.45) is 0 Å². The number of rotatable bonds is 2. The van der Waals surface area contributed by atoms with Crippen LogP contribution < -0.4 is 10.9 Å². The van der Waals surface area contributed by atoms with Crippen LogP contribution in [0.3, 0.4) is 0 Å². The average Bonchev–Trinajstić information content (AvgIpc) is 2.41. The van der Waals surface area contributed by atoms with Crippen LogP contribution in [-0.2, 0) is 17.6 Å². The van der Waals surface area contributed by atoms with Crippen molar-refractivity contribution < 1.29 is 9.21 Å². The van der Waals surface area contributed by atoms with E-state index in [4.69, 9.17) is 4.42 Å². The third kappa shape index (κ3) is 2.01. The monoisotopic (exact) mass is 271 g/mol. The summed E-state index contributed by atoms with van der Waals surface area (Å²) < 4.78 is 5.43. The number of aryl methyl sites for hydroxylation is 1. The number of Topliss-reactive ketones (excluding diaryl/α,β-unsaturated/α-hetero) is 1. The highest BCUT2D eigenvalue weighted by atomic mass is 16.4. The molecule has 20 heavy (non-hydrogen) atoms. The van der Waals surface area contributed by atoms with Crippen LogP contribution in [0, 0.1) is 6.92 Å². The molecule has 0 spiro atoms. The molecule has 3 rings (SSSR count). The van der Waals surface area contributed by atoms with Crippen LogP contribution in [0.2, 0.25) is 0 Å². The van der Waals surface area contributed by atoms with Gasteiger partial charge in [0.05, 0.1) is 0 Å². The predicted octanol–water partition coefficient (Wildman–Crippen LogP) is 2.59. The van der Waals surface area contributed by atoms with Gasteiger partial charge in [0.25, 0.3) is 0 Å². The first kappa shape index (κ1) is 12.9. The van der Waals surface area contributed by atoms with Gasteiger partial charge < -0.3 is 9.73 Å². The molecule has 0 atom stereocenters. The highest BCUT2D eigenvalue weighted by molar-refractivity contribution is 5.92. The summed E-state index contributed by atoms with van der Waals surface area (Å²) in [7, 11) is 0. The van der Waals surface area contributed by atoms with Gasteiger partial charge in [-0.25, -0.2) is 4.79 Å². The van der Waals surface area contributed by atoms with Crippen LogP contribution in [0.15, 0.2) is 21.3 Å². The highest BCUT2D eigenvalue weighted by Crippen LogP contribution is 2.29. The van der Waals surface area contributed by atoms with Gasteiger partial charge in [-0.15, -0.1) is 0 Å². The van der Waals surface area contributed by atoms with Crippen molar-refractivity contribution in [1.29, 1.82) is 0 Å². The molecular weight excluding hydrogens is 254 g/mol. The molecule has 104 valence electrons. The molecule has 1 N–H and O–H groups in total. The van der Waals surface area contributed by atoms with Crippen molar-refractivity contribution in [2.75, 3.05) is 11.9 Å². The van der Waals surface area contributed by atoms with Gasteiger partial charge in [-0.2, -0.15) is 0 Å². The van der Waals surface area contributed by atoms with Gasteiger partial charge in [-0.05, 0) is 37.5 Å². The van der Waals surface area contributed by atoms with E-state index in [1.54, 1.807) is 0 Å². The summed E-state index contributed by atoms with van der Waals surface area (Å²) in [6, 6.07) is 3.86. The van der Waals surface area contributed by atoms with Gasteiger partial charge in [0.2, 0.25) is 0 Å². The second kappa shape index (κ2) is 4.78. The van der Waals surface area contributed by atoms with Gasteiger partial charge in [-0.3, -0.25) is 4.79 Å². The number of nitrogens with one attached hydrogen (secondary N) is 1. The molecule has 1 heterocycles. The quantitative estimate of drug-likeness (QED) is 0.853. The first-order chi connectivity index (χ1) is 9.60. The largest absolute Gasteiger partial charge is 0.422 e. The summed E-state index contributed by atoms with van der Waals surface area (Å²) in [6.45, 7) is 4.84. The van der Waals surface area contributed by atoms with E-state index in [0.29, 0.717) is 30.4 Å². The number of hydrogen-bond donors (Lipinski definition) is 1. The first-order valence-electron chi connectivity index (χ1n) is 6.95. The maximum Gasteiger partial charge on any atom is 0.339 e. The number of ketones is 1. The molecule has 1 aromatic heterocycles. The van der Waals surface area contributed by atoms with Gasteiger partial charge in [0, 0.05) is 42.1 Å². The molecule has 0 saturated carbocycles. The fourth-order valence-electron chi connectivity index (χ4n) is 2.84. The van der Waals surface area contributed by atoms with E-state index in [1.807, 2.05) is 26.0 Å². The topological polar surface area (TPSA) is 59.3 Å². The molecule has 1 aliphatic rings. The van der Waals surface area contributed by atoms with E-state index in [-0.39, 0.29) is 11.4 Å². The van der Waals surface area contributed by atoms with Gasteiger partial charge >= 0.3 is 5.63 Å². The Morgan fingerprint density at radius 1 is 1.20 bits per heavy atom. The Kier molecular flexibility index (Phi) is 3.08. The van der Waals surface area contributed by atoms with E-state index in [2.05, 4.69) is 5.32 Å². The Balaban J connectivity index is 2.30. The maximum absolute atomic E-state index is 12.0. The molecular formula is C16H17NO3. The third-order valence-electron chi connectivity index (χ3n) is 3.86. The minimum Gasteiger partial charge on any atom is -0.422 e. The smallest absolute Gasteiger partial charge is 0.339 e. The summed E-state index contributed by atoms with van der Waals surface area (Å²) in [4.78, 5) is 23.7. The standard InChI is InChI=1S/C16H17NO3/c1-3-17-14-8-15-13(6-9(14)2)12-7-10(18)4-5-11(12)16(19)20-15/h6,8,17H,3-5,7H2,1-2H3. The molecule has 0 radical (unpaired) electrons. The van der Waals surface area contributed by atoms with Crippen molar-refractivity contribution in [1.82, 2.24) is 0 Å². The molecule has 1 aliphatic carbocycles. The molecule has 0 amide bonds. The SMILES string of the molecule is CCNc1cc2oc(=O)c3c(c2cc1C)CC(=O)CC3. The summed E-state index contributed by atoms with van der Waals surface area (Å²) >= 11 is 0. The number of carbonyl (C=O) groups excluding carboxylic acids is 1. The van der Waals surface area contributed by atoms with Gasteiger partial charge in [0.1, 0.15) is 11.4 Å². The van der Waals surface area contributed by atoms with E-state index in [1.165, 1.54) is 0 Å². The average molecular weight is 271 g/mol. The lowest BCUT2D eigenvalue weighted by molar-refractivity contribution is -0.118. The molecule has 0 aliphatic heterocycles. The molecule has 1 aromatic carbocycles. The first-order valence-corrected chi connectivity index (χ1v) is 6.95. The normalized spacial score (nSPS) is 14.4. The van der Waals surface area contributed by atoms with Crippen molar-refractivity contribution in [3.63, 3.8) is 0 Å². The minimum atomic E-state index is -0.300. The Morgan fingerprint density at radius 3 is 2.75 bits per heavy atom. The molecule has 4 nitrogen and oxygen atoms in total. The second-order valence-corrected chi connectivity index (χ2v) is 5.26. The lowest BCUT2D eigenvalue weighted by Gasteiger charge is -2.17. The molecule has 0 fully saturated rings. The van der Waals surface area contributed by atoms with Crippen LogP contribution in [-0.4, -0.2) is 12.3 Å². The van der Waals surface area contributed by atoms with Crippen molar-refractivity contribution >= 4 is 22.4 Å². The summed E-state index contributed by atoms with van der Waals surface area (Å²) in [5, 5.41) is 4.14. The highest BCUT2D eigenvalue weighted by Gasteiger charge is 2.22. The van der Waals surface area contributed by atoms with Crippen LogP contribution >= 0.6 is 0 Å². The zero-order valence-electron chi connectivity index (χ0n) is 11.7. The fraction of sp³-hybridized carbons (Fsp3) is 0.375. The van der Waals surface area contributed by atoms with E-state index >= 15 is 0 Å². The van der Waals surface area contributed by atoms with Gasteiger partial charge in [-0.1, -0.05) is 0 Å². The predicted molar refractivity (Wildman–Crippen MR) is 78.4 cm³/mol. The fourth-order valence-corrected chi connectivity index (χ4v) is 2.84. The van der Waals surface area contributed by atoms with E-state index in [0.717, 1.165) is 28.7 Å². The van der Waals surface area contributed by atoms with Crippen LogP contribution in [0.25, 0.3) is 11.0 Å². The molecule has 4 heteroatoms. The van der Waals surface area contributed by atoms with Crippen LogP contribution in [0.4, 0.5) is 5.69 Å². The number of benzene rings is 1. The molecule has 0 unspecified atom stereocenters. The van der Waals surface area contributed by atoms with Crippen molar-refractivity contribution in [3.05, 3.63) is 39.2 Å². The Morgan fingerprint density at radius 2 is 2.00 bits per heavy atom. The summed E-state index contributed by atoms with van der Waals surface area (Å²) in [5.74, 6) is 0.192. The summed E-state index contributed by atoms with van der Waals surface area (Å²) in [6.07, 6.45) is 1.29. The van der Waals surface area contributed by atoms with Crippen molar-refractivity contribution in [3.8, 4) is 0 Å². The second-order valence-electron chi connectivity index (χ2n) is 5.26. The van der Waals surface area contributed by atoms with Crippen molar-refractivity contribution in [2.45, 2.75) is 33.1 Å². The summed E-state index contributed by atoms with van der Waals surface area (Å²) in [5.41, 5.74) is 3.85. The van der Waals surface area contributed by atoms with E-state index in [9.17, 15) is 9.59 Å². The minimum absolute atomic E-state index is 0.192. The van der Waals surface area contributed by atoms with E-state index < -0.39 is 0 Å². The van der Waals surface area contributed by atoms with Crippen LogP contribution in [0.1, 0.15) is 30.0 Å². The third-order valence-corrected chi connectivity index (χ3v) is 3.86. The number of anilines is 1. The Hall–Kier alpha value is -2.10. The molecule has 0 saturated heterocycles. The Labute approximate surface area is 116 Å². The number of hydrogen-bond acceptors (Lipinski definition) is 4. The zero-order chi connectivity index (χ0) is 14.3. The number of fused-ring (bicyclic) bond motifs is 3. The van der Waals surface area contributed by atoms with Crippen LogP contribution in [0.5, 0.6) is 0 Å². The number of carbonyl (C=O) groups is 1. The maximum atomic E-state index is 12.0. The lowest BCUT2D eigenvalue weighted by Crippen LogP contribution is -2.21. The molecule has 0 bridgehead atoms. The van der Waals surface area contributed by atoms with Gasteiger partial charge in [0.15, 0.2) is 0 Å². The lowest BCUT2D eigenvalue weighted by atomic mass is 9.89. The molecule has 2 aromatic rings.